The molecule has 0 radical (unpaired) electrons. The lowest BCUT2D eigenvalue weighted by Crippen LogP contribution is -2.44. The molecule has 0 aliphatic heterocycles. The fourth-order valence-electron chi connectivity index (χ4n) is 2.90. The Morgan fingerprint density at radius 2 is 2.17 bits per heavy atom. The van der Waals surface area contributed by atoms with Crippen LogP contribution in [0.3, 0.4) is 0 Å². The smallest absolute Gasteiger partial charge is 0.271 e. The molecule has 0 bridgehead atoms. The van der Waals surface area contributed by atoms with Gasteiger partial charge in [0.15, 0.2) is 5.82 Å². The number of nitrogens with one attached hydrogen (secondary N) is 1. The van der Waals surface area contributed by atoms with E-state index >= 15 is 0 Å². The first-order valence-electron chi connectivity index (χ1n) is 7.67. The summed E-state index contributed by atoms with van der Waals surface area (Å²) in [5.74, 6) is -3.18. The van der Waals surface area contributed by atoms with Crippen molar-refractivity contribution in [2.24, 2.45) is 0 Å². The van der Waals surface area contributed by atoms with Crippen molar-refractivity contribution >= 4 is 17.5 Å². The summed E-state index contributed by atoms with van der Waals surface area (Å²) in [4.78, 5) is 16.6. The van der Waals surface area contributed by atoms with E-state index in [0.717, 1.165) is 11.4 Å². The fraction of sp³-hybridized carbons (Fsp3) is 0.438. The van der Waals surface area contributed by atoms with Crippen LogP contribution in [-0.2, 0) is 0 Å². The molecule has 1 amide bonds. The second kappa shape index (κ2) is 6.12. The molecule has 1 N–H and O–H groups in total. The summed E-state index contributed by atoms with van der Waals surface area (Å²) < 4.78 is 29.0. The Hall–Kier alpha value is -2.02. The van der Waals surface area contributed by atoms with E-state index in [1.165, 1.54) is 6.07 Å². The molecule has 3 rings (SSSR count). The van der Waals surface area contributed by atoms with Crippen molar-refractivity contribution in [2.75, 3.05) is 0 Å². The van der Waals surface area contributed by atoms with Crippen LogP contribution in [0.5, 0.6) is 0 Å². The van der Waals surface area contributed by atoms with Crippen LogP contribution < -0.4 is 5.32 Å². The molecule has 0 saturated heterocycles. The number of nitrogens with zero attached hydrogens (tertiary/aromatic N) is 3. The average molecular weight is 355 g/mol. The first-order valence-corrected chi connectivity index (χ1v) is 8.04. The van der Waals surface area contributed by atoms with Crippen molar-refractivity contribution in [1.29, 1.82) is 0 Å². The lowest BCUT2D eigenvalue weighted by Gasteiger charge is -2.20. The van der Waals surface area contributed by atoms with E-state index in [0.29, 0.717) is 12.2 Å². The Morgan fingerprint density at radius 1 is 1.42 bits per heavy atom. The zero-order valence-electron chi connectivity index (χ0n) is 13.3. The molecule has 128 valence electrons. The van der Waals surface area contributed by atoms with Gasteiger partial charge in [-0.15, -0.1) is 0 Å². The highest BCUT2D eigenvalue weighted by Crippen LogP contribution is 2.35. The molecule has 2 heterocycles. The van der Waals surface area contributed by atoms with E-state index in [1.807, 2.05) is 19.9 Å². The van der Waals surface area contributed by atoms with Crippen molar-refractivity contribution in [3.8, 4) is 5.82 Å². The van der Waals surface area contributed by atoms with Crippen LogP contribution in [0.4, 0.5) is 8.78 Å². The topological polar surface area (TPSA) is 59.8 Å². The monoisotopic (exact) mass is 354 g/mol. The van der Waals surface area contributed by atoms with Gasteiger partial charge in [-0.3, -0.25) is 4.79 Å². The summed E-state index contributed by atoms with van der Waals surface area (Å²) in [6.07, 6.45) is 0.406. The largest absolute Gasteiger partial charge is 0.342 e. The molecule has 0 spiro atoms. The third-order valence-corrected chi connectivity index (χ3v) is 4.40. The van der Waals surface area contributed by atoms with Gasteiger partial charge in [0, 0.05) is 12.1 Å². The van der Waals surface area contributed by atoms with Crippen LogP contribution in [0.15, 0.2) is 18.2 Å². The molecule has 24 heavy (non-hydrogen) atoms. The molecular formula is C16H17ClF2N4O. The van der Waals surface area contributed by atoms with Crippen molar-refractivity contribution in [3.63, 3.8) is 0 Å². The minimum Gasteiger partial charge on any atom is -0.342 e. The van der Waals surface area contributed by atoms with Crippen LogP contribution in [0.25, 0.3) is 5.82 Å². The Kier molecular flexibility index (Phi) is 4.29. The van der Waals surface area contributed by atoms with Gasteiger partial charge >= 0.3 is 0 Å². The maximum absolute atomic E-state index is 13.7. The number of pyridine rings is 1. The quantitative estimate of drug-likeness (QED) is 0.918. The van der Waals surface area contributed by atoms with Gasteiger partial charge in [-0.1, -0.05) is 11.6 Å². The molecule has 2 aromatic rings. The lowest BCUT2D eigenvalue weighted by molar-refractivity contribution is -0.0165. The molecular weight excluding hydrogens is 338 g/mol. The lowest BCUT2D eigenvalue weighted by atomic mass is 10.2. The fourth-order valence-corrected chi connectivity index (χ4v) is 3.09. The van der Waals surface area contributed by atoms with Crippen LogP contribution in [0.2, 0.25) is 5.02 Å². The number of hydrogen-bond donors (Lipinski definition) is 1. The molecule has 1 aliphatic rings. The predicted molar refractivity (Wildman–Crippen MR) is 85.9 cm³/mol. The van der Waals surface area contributed by atoms with Crippen molar-refractivity contribution in [2.45, 2.75) is 45.1 Å². The molecule has 1 saturated carbocycles. The Balaban J connectivity index is 1.89. The van der Waals surface area contributed by atoms with Crippen LogP contribution in [-0.4, -0.2) is 32.6 Å². The van der Waals surface area contributed by atoms with Crippen molar-refractivity contribution in [3.05, 3.63) is 40.3 Å². The van der Waals surface area contributed by atoms with Gasteiger partial charge in [0.1, 0.15) is 5.69 Å². The Labute approximate surface area is 143 Å². The molecule has 1 fully saturated rings. The molecule has 1 unspecified atom stereocenters. The van der Waals surface area contributed by atoms with Gasteiger partial charge in [0.25, 0.3) is 11.8 Å². The third kappa shape index (κ3) is 3.13. The number of aryl methyl sites for hydroxylation is 2. The summed E-state index contributed by atoms with van der Waals surface area (Å²) in [7, 11) is 0. The highest BCUT2D eigenvalue weighted by atomic mass is 35.5. The zero-order chi connectivity index (χ0) is 17.5. The highest BCUT2D eigenvalue weighted by Gasteiger charge is 2.44. The summed E-state index contributed by atoms with van der Waals surface area (Å²) >= 11 is 6.04. The maximum Gasteiger partial charge on any atom is 0.271 e. The maximum atomic E-state index is 13.7. The van der Waals surface area contributed by atoms with E-state index in [9.17, 15) is 13.6 Å². The van der Waals surface area contributed by atoms with Crippen LogP contribution in [0, 0.1) is 13.8 Å². The number of carbonyl (C=O) groups excluding carboxylic acids is 1. The summed E-state index contributed by atoms with van der Waals surface area (Å²) in [6.45, 7) is 3.70. The van der Waals surface area contributed by atoms with Crippen molar-refractivity contribution in [1.82, 2.24) is 20.1 Å². The number of carbonyl (C=O) groups is 1. The van der Waals surface area contributed by atoms with E-state index in [4.69, 9.17) is 11.6 Å². The van der Waals surface area contributed by atoms with Gasteiger partial charge in [0.2, 0.25) is 0 Å². The number of amides is 1. The van der Waals surface area contributed by atoms with Crippen LogP contribution in [0.1, 0.15) is 41.1 Å². The summed E-state index contributed by atoms with van der Waals surface area (Å²) in [5, 5.41) is 6.77. The van der Waals surface area contributed by atoms with E-state index in [2.05, 4.69) is 15.4 Å². The van der Waals surface area contributed by atoms with Gasteiger partial charge < -0.3 is 5.32 Å². The molecule has 0 aromatic carbocycles. The zero-order valence-corrected chi connectivity index (χ0v) is 14.1. The Bertz CT molecular complexity index is 790. The van der Waals surface area contributed by atoms with E-state index in [1.54, 1.807) is 10.7 Å². The molecule has 2 aromatic heterocycles. The van der Waals surface area contributed by atoms with Gasteiger partial charge in [-0.05, 0) is 44.9 Å². The summed E-state index contributed by atoms with van der Waals surface area (Å²) in [5.41, 5.74) is 1.57. The molecule has 1 aliphatic carbocycles. The van der Waals surface area contributed by atoms with Gasteiger partial charge in [-0.25, -0.2) is 18.4 Å². The van der Waals surface area contributed by atoms with Gasteiger partial charge in [0.05, 0.1) is 16.8 Å². The van der Waals surface area contributed by atoms with Gasteiger partial charge in [-0.2, -0.15) is 5.10 Å². The molecule has 8 heteroatoms. The first-order chi connectivity index (χ1) is 11.3. The number of halogens is 3. The Morgan fingerprint density at radius 3 is 2.75 bits per heavy atom. The average Bonchev–Trinajstić information content (AvgIpc) is 3.01. The number of alkyl halides is 2. The summed E-state index contributed by atoms with van der Waals surface area (Å²) in [6, 6.07) is 3.83. The number of hydrogen-bond acceptors (Lipinski definition) is 3. The normalized spacial score (nSPS) is 19.5. The minimum atomic E-state index is -2.89. The number of rotatable bonds is 3. The predicted octanol–water partition coefficient (Wildman–Crippen LogP) is 3.46. The molecule has 1 atom stereocenters. The van der Waals surface area contributed by atoms with E-state index < -0.39 is 17.9 Å². The SMILES string of the molecule is Cc1cc(C)n(-c2ccc(Cl)c(C(=O)NC3CCCC3(F)F)n2)n1. The first kappa shape index (κ1) is 16.8. The second-order valence-electron chi connectivity index (χ2n) is 6.02. The van der Waals surface area contributed by atoms with E-state index in [-0.39, 0.29) is 23.6 Å². The standard InChI is InChI=1S/C16H17ClF2N4O/c1-9-8-10(2)23(22-9)13-6-5-11(17)14(21-13)15(24)20-12-4-3-7-16(12,18)19/h5-6,8,12H,3-4,7H2,1-2H3,(H,20,24). The van der Waals surface area contributed by atoms with Crippen molar-refractivity contribution < 1.29 is 13.6 Å². The minimum absolute atomic E-state index is 0.0792. The highest BCUT2D eigenvalue weighted by molar-refractivity contribution is 6.33. The molecule has 5 nitrogen and oxygen atoms in total. The third-order valence-electron chi connectivity index (χ3n) is 4.09. The second-order valence-corrected chi connectivity index (χ2v) is 6.43. The van der Waals surface area contributed by atoms with Crippen LogP contribution >= 0.6 is 11.6 Å². The number of aromatic nitrogens is 3.